The van der Waals surface area contributed by atoms with Gasteiger partial charge in [-0.1, -0.05) is 11.6 Å². The van der Waals surface area contributed by atoms with E-state index in [1.54, 1.807) is 36.4 Å². The van der Waals surface area contributed by atoms with E-state index in [-0.39, 0.29) is 12.3 Å². The molecule has 0 fully saturated rings. The molecule has 7 heteroatoms. The van der Waals surface area contributed by atoms with Crippen LogP contribution in [0.15, 0.2) is 42.6 Å². The number of halogens is 1. The summed E-state index contributed by atoms with van der Waals surface area (Å²) in [6, 6.07) is 9.82. The first-order valence-electron chi connectivity index (χ1n) is 7.72. The van der Waals surface area contributed by atoms with Crippen molar-refractivity contribution in [3.05, 3.63) is 58.7 Å². The number of aromatic nitrogens is 1. The van der Waals surface area contributed by atoms with Gasteiger partial charge in [0, 0.05) is 28.2 Å². The second kappa shape index (κ2) is 7.09. The van der Waals surface area contributed by atoms with Gasteiger partial charge in [-0.2, -0.15) is 0 Å². The van der Waals surface area contributed by atoms with Crippen molar-refractivity contribution >= 4 is 34.4 Å². The van der Waals surface area contributed by atoms with Crippen LogP contribution in [0, 0.1) is 0 Å². The van der Waals surface area contributed by atoms with Crippen molar-refractivity contribution in [2.45, 2.75) is 6.42 Å². The highest BCUT2D eigenvalue weighted by atomic mass is 35.5. The number of carbonyl (C=O) groups excluding carboxylic acids is 1. The number of hydrogen-bond acceptors (Lipinski definition) is 4. The molecule has 0 amide bonds. The minimum Gasteiger partial charge on any atom is -0.497 e. The maximum Gasteiger partial charge on any atom is 0.307 e. The zero-order chi connectivity index (χ0) is 18.8. The van der Waals surface area contributed by atoms with Gasteiger partial charge in [-0.25, -0.2) is 0 Å². The molecule has 0 saturated heterocycles. The van der Waals surface area contributed by atoms with E-state index < -0.39 is 5.97 Å². The monoisotopic (exact) mass is 373 g/mol. The topological polar surface area (TPSA) is 77.8 Å². The number of hydrogen-bond donors (Lipinski definition) is 1. The third-order valence-electron chi connectivity index (χ3n) is 4.03. The number of benzene rings is 2. The summed E-state index contributed by atoms with van der Waals surface area (Å²) in [5, 5.41) is 10.3. The molecule has 0 spiro atoms. The highest BCUT2D eigenvalue weighted by molar-refractivity contribution is 6.30. The summed E-state index contributed by atoms with van der Waals surface area (Å²) in [4.78, 5) is 24.2. The summed E-state index contributed by atoms with van der Waals surface area (Å²) in [6.07, 6.45) is 1.30. The molecule has 0 aliphatic rings. The van der Waals surface area contributed by atoms with Crippen molar-refractivity contribution in [1.82, 2.24) is 4.57 Å². The molecule has 0 aliphatic heterocycles. The van der Waals surface area contributed by atoms with Crippen molar-refractivity contribution in [2.24, 2.45) is 0 Å². The van der Waals surface area contributed by atoms with Crippen LogP contribution in [0.25, 0.3) is 10.9 Å². The van der Waals surface area contributed by atoms with Crippen molar-refractivity contribution < 1.29 is 24.2 Å². The van der Waals surface area contributed by atoms with Gasteiger partial charge in [0.2, 0.25) is 0 Å². The molecule has 2 aromatic carbocycles. The second-order valence-electron chi connectivity index (χ2n) is 5.63. The van der Waals surface area contributed by atoms with Crippen molar-refractivity contribution in [3.63, 3.8) is 0 Å². The molecule has 3 rings (SSSR count). The Kier molecular flexibility index (Phi) is 4.86. The fourth-order valence-electron chi connectivity index (χ4n) is 2.83. The molecule has 1 heterocycles. The maximum atomic E-state index is 13.0. The van der Waals surface area contributed by atoms with E-state index >= 15 is 0 Å². The van der Waals surface area contributed by atoms with Crippen LogP contribution in [0.3, 0.4) is 0 Å². The van der Waals surface area contributed by atoms with E-state index in [1.807, 2.05) is 0 Å². The first-order chi connectivity index (χ1) is 12.4. The molecule has 0 saturated carbocycles. The van der Waals surface area contributed by atoms with E-state index in [2.05, 4.69) is 0 Å². The Labute approximate surface area is 154 Å². The van der Waals surface area contributed by atoms with Gasteiger partial charge in [0.1, 0.15) is 11.5 Å². The number of nitrogens with zero attached hydrogens (tertiary/aromatic N) is 1. The average molecular weight is 374 g/mol. The van der Waals surface area contributed by atoms with Crippen LogP contribution >= 0.6 is 11.6 Å². The number of aliphatic carboxylic acids is 1. The molecule has 0 atom stereocenters. The molecule has 0 unspecified atom stereocenters. The minimum absolute atomic E-state index is 0.228. The summed E-state index contributed by atoms with van der Waals surface area (Å²) in [5.74, 6) is -0.382. The molecular weight excluding hydrogens is 358 g/mol. The predicted molar refractivity (Wildman–Crippen MR) is 97.6 cm³/mol. The number of carboxylic acids is 1. The van der Waals surface area contributed by atoms with Gasteiger partial charge < -0.3 is 14.6 Å². The van der Waals surface area contributed by atoms with E-state index in [0.29, 0.717) is 38.6 Å². The molecule has 6 nitrogen and oxygen atoms in total. The molecule has 26 heavy (non-hydrogen) atoms. The number of carboxylic acid groups (broad SMARTS) is 1. The first-order valence-corrected chi connectivity index (χ1v) is 8.10. The summed E-state index contributed by atoms with van der Waals surface area (Å²) in [7, 11) is 2.99. The molecule has 0 bridgehead atoms. The second-order valence-corrected chi connectivity index (χ2v) is 6.07. The molecule has 1 aromatic heterocycles. The van der Waals surface area contributed by atoms with E-state index in [1.165, 1.54) is 25.0 Å². The van der Waals surface area contributed by atoms with Crippen LogP contribution in [0.4, 0.5) is 0 Å². The molecular formula is C19H16ClNO5. The fourth-order valence-corrected chi connectivity index (χ4v) is 2.96. The molecule has 0 radical (unpaired) electrons. The Morgan fingerprint density at radius 1 is 1.12 bits per heavy atom. The number of ether oxygens (including phenoxy) is 2. The van der Waals surface area contributed by atoms with Crippen LogP contribution in [-0.2, 0) is 11.2 Å². The standard InChI is InChI=1S/C19H16ClNO5/c1-25-14-8-15-12(7-17(22)23)10-21(18(15)16(9-14)26-2)19(24)11-3-5-13(20)6-4-11/h3-6,8-10H,7H2,1-2H3,(H,22,23). The van der Waals surface area contributed by atoms with Crippen molar-refractivity contribution in [2.75, 3.05) is 14.2 Å². The third-order valence-corrected chi connectivity index (χ3v) is 4.28. The quantitative estimate of drug-likeness (QED) is 0.739. The Balaban J connectivity index is 2.25. The van der Waals surface area contributed by atoms with Crippen molar-refractivity contribution in [1.29, 1.82) is 0 Å². The molecule has 3 aromatic rings. The normalized spacial score (nSPS) is 10.7. The summed E-state index contributed by atoms with van der Waals surface area (Å²) >= 11 is 5.88. The maximum absolute atomic E-state index is 13.0. The lowest BCUT2D eigenvalue weighted by atomic mass is 10.1. The van der Waals surface area contributed by atoms with Gasteiger partial charge in [0.15, 0.2) is 0 Å². The predicted octanol–water partition coefficient (Wildman–Crippen LogP) is 3.63. The summed E-state index contributed by atoms with van der Waals surface area (Å²) in [6.45, 7) is 0. The minimum atomic E-state index is -0.996. The zero-order valence-electron chi connectivity index (χ0n) is 14.2. The number of carbonyl (C=O) groups is 2. The van der Waals surface area contributed by atoms with Crippen LogP contribution in [0.5, 0.6) is 11.5 Å². The highest BCUT2D eigenvalue weighted by Crippen LogP contribution is 2.35. The van der Waals surface area contributed by atoms with Crippen LogP contribution in [0.1, 0.15) is 15.9 Å². The Hall–Kier alpha value is -2.99. The average Bonchev–Trinajstić information content (AvgIpc) is 2.98. The lowest BCUT2D eigenvalue weighted by molar-refractivity contribution is -0.136. The van der Waals surface area contributed by atoms with Gasteiger partial charge in [0.05, 0.1) is 26.2 Å². The Morgan fingerprint density at radius 3 is 2.38 bits per heavy atom. The Bertz CT molecular complexity index is 991. The Morgan fingerprint density at radius 2 is 1.81 bits per heavy atom. The summed E-state index contributed by atoms with van der Waals surface area (Å²) in [5.41, 5.74) is 1.41. The van der Waals surface area contributed by atoms with Gasteiger partial charge in [-0.3, -0.25) is 14.2 Å². The molecule has 1 N–H and O–H groups in total. The van der Waals surface area contributed by atoms with E-state index in [4.69, 9.17) is 21.1 Å². The number of methoxy groups -OCH3 is 2. The lowest BCUT2D eigenvalue weighted by Gasteiger charge is -2.10. The third kappa shape index (κ3) is 3.23. The van der Waals surface area contributed by atoms with Crippen LogP contribution < -0.4 is 9.47 Å². The first kappa shape index (κ1) is 17.8. The van der Waals surface area contributed by atoms with Crippen LogP contribution in [0.2, 0.25) is 5.02 Å². The smallest absolute Gasteiger partial charge is 0.307 e. The molecule has 0 aliphatic carbocycles. The molecule has 134 valence electrons. The largest absolute Gasteiger partial charge is 0.497 e. The zero-order valence-corrected chi connectivity index (χ0v) is 14.9. The number of fused-ring (bicyclic) bond motifs is 1. The summed E-state index contributed by atoms with van der Waals surface area (Å²) < 4.78 is 12.1. The highest BCUT2D eigenvalue weighted by Gasteiger charge is 2.21. The lowest BCUT2D eigenvalue weighted by Crippen LogP contribution is -2.11. The fraction of sp³-hybridized carbons (Fsp3) is 0.158. The van der Waals surface area contributed by atoms with Gasteiger partial charge >= 0.3 is 5.97 Å². The van der Waals surface area contributed by atoms with E-state index in [9.17, 15) is 14.7 Å². The van der Waals surface area contributed by atoms with Crippen LogP contribution in [-0.4, -0.2) is 35.8 Å². The number of rotatable bonds is 5. The van der Waals surface area contributed by atoms with Gasteiger partial charge in [0.25, 0.3) is 5.91 Å². The van der Waals surface area contributed by atoms with Gasteiger partial charge in [-0.15, -0.1) is 0 Å². The van der Waals surface area contributed by atoms with Crippen molar-refractivity contribution in [3.8, 4) is 11.5 Å². The SMILES string of the molecule is COc1cc(OC)c2c(c1)c(CC(=O)O)cn2C(=O)c1ccc(Cl)cc1. The van der Waals surface area contributed by atoms with E-state index in [0.717, 1.165) is 0 Å². The van der Waals surface area contributed by atoms with Gasteiger partial charge in [-0.05, 0) is 35.9 Å².